The van der Waals surface area contributed by atoms with Gasteiger partial charge in [-0.15, -0.1) is 11.3 Å². The Bertz CT molecular complexity index is 703. The van der Waals surface area contributed by atoms with E-state index in [4.69, 9.17) is 4.74 Å². The fourth-order valence-electron chi connectivity index (χ4n) is 2.79. The summed E-state index contributed by atoms with van der Waals surface area (Å²) in [4.78, 5) is 16.5. The summed E-state index contributed by atoms with van der Waals surface area (Å²) < 4.78 is 7.40. The topological polar surface area (TPSA) is 81.1 Å². The monoisotopic (exact) mass is 347 g/mol. The molecule has 0 spiro atoms. The van der Waals surface area contributed by atoms with E-state index in [1.54, 1.807) is 17.5 Å². The molecular formula is C16H21N5O2S. The molecule has 2 aromatic heterocycles. The number of anilines is 1. The van der Waals surface area contributed by atoms with E-state index in [-0.39, 0.29) is 12.1 Å². The number of aromatic nitrogens is 3. The SMILES string of the molecule is O=C(NCc1csc(C2CC2)n1)Nc1cnn(C[C@H]2CCCO2)c1. The summed E-state index contributed by atoms with van der Waals surface area (Å²) in [5, 5.41) is 13.1. The molecule has 1 saturated heterocycles. The predicted molar refractivity (Wildman–Crippen MR) is 91.1 cm³/mol. The van der Waals surface area contributed by atoms with Crippen molar-refractivity contribution >= 4 is 23.1 Å². The maximum absolute atomic E-state index is 12.0. The third kappa shape index (κ3) is 3.93. The molecule has 1 aliphatic heterocycles. The van der Waals surface area contributed by atoms with Crippen LogP contribution in [0, 0.1) is 0 Å². The Labute approximate surface area is 144 Å². The minimum absolute atomic E-state index is 0.233. The number of carbonyl (C=O) groups excluding carboxylic acids is 1. The van der Waals surface area contributed by atoms with E-state index in [0.717, 1.165) is 31.7 Å². The van der Waals surface area contributed by atoms with Gasteiger partial charge in [0, 0.05) is 24.1 Å². The second-order valence-electron chi connectivity index (χ2n) is 6.35. The van der Waals surface area contributed by atoms with Crippen molar-refractivity contribution in [3.8, 4) is 0 Å². The molecule has 0 aromatic carbocycles. The third-order valence-electron chi connectivity index (χ3n) is 4.23. The fourth-order valence-corrected chi connectivity index (χ4v) is 3.78. The van der Waals surface area contributed by atoms with E-state index in [1.807, 2.05) is 16.3 Å². The van der Waals surface area contributed by atoms with Crippen molar-refractivity contribution < 1.29 is 9.53 Å². The van der Waals surface area contributed by atoms with Crippen molar-refractivity contribution in [3.63, 3.8) is 0 Å². The summed E-state index contributed by atoms with van der Waals surface area (Å²) in [7, 11) is 0. The van der Waals surface area contributed by atoms with Crippen molar-refractivity contribution in [3.05, 3.63) is 28.5 Å². The first kappa shape index (κ1) is 15.6. The number of hydrogen-bond donors (Lipinski definition) is 2. The van der Waals surface area contributed by atoms with Crippen molar-refractivity contribution in [2.24, 2.45) is 0 Å². The first-order chi connectivity index (χ1) is 11.8. The van der Waals surface area contributed by atoms with Crippen molar-refractivity contribution in [2.75, 3.05) is 11.9 Å². The summed E-state index contributed by atoms with van der Waals surface area (Å²) in [6.07, 6.45) is 8.39. The van der Waals surface area contributed by atoms with E-state index in [1.165, 1.54) is 17.8 Å². The lowest BCUT2D eigenvalue weighted by Crippen LogP contribution is -2.28. The largest absolute Gasteiger partial charge is 0.376 e. The zero-order chi connectivity index (χ0) is 16.4. The second-order valence-corrected chi connectivity index (χ2v) is 7.23. The summed E-state index contributed by atoms with van der Waals surface area (Å²) in [5.74, 6) is 0.660. The van der Waals surface area contributed by atoms with Crippen LogP contribution in [0.4, 0.5) is 10.5 Å². The Morgan fingerprint density at radius 1 is 1.42 bits per heavy atom. The summed E-state index contributed by atoms with van der Waals surface area (Å²) >= 11 is 1.69. The Morgan fingerprint density at radius 3 is 3.12 bits per heavy atom. The number of hydrogen-bond acceptors (Lipinski definition) is 5. The van der Waals surface area contributed by atoms with Gasteiger partial charge in [-0.25, -0.2) is 9.78 Å². The number of nitrogens with zero attached hydrogens (tertiary/aromatic N) is 3. The second kappa shape index (κ2) is 6.90. The molecule has 3 heterocycles. The Hall–Kier alpha value is -1.93. The predicted octanol–water partition coefficient (Wildman–Crippen LogP) is 2.72. The first-order valence-corrected chi connectivity index (χ1v) is 9.27. The average Bonchev–Trinajstić information content (AvgIpc) is 2.98. The molecule has 0 unspecified atom stereocenters. The van der Waals surface area contributed by atoms with Gasteiger partial charge in [0.15, 0.2) is 0 Å². The summed E-state index contributed by atoms with van der Waals surface area (Å²) in [6, 6.07) is -0.243. The zero-order valence-corrected chi connectivity index (χ0v) is 14.2. The molecule has 128 valence electrons. The van der Waals surface area contributed by atoms with Crippen LogP contribution in [0.15, 0.2) is 17.8 Å². The van der Waals surface area contributed by atoms with Gasteiger partial charge >= 0.3 is 6.03 Å². The van der Waals surface area contributed by atoms with Crippen LogP contribution in [0.5, 0.6) is 0 Å². The van der Waals surface area contributed by atoms with Gasteiger partial charge in [0.2, 0.25) is 0 Å². The van der Waals surface area contributed by atoms with Crippen LogP contribution in [0.2, 0.25) is 0 Å². The molecule has 2 aliphatic rings. The number of thiazole rings is 1. The number of rotatable bonds is 6. The quantitative estimate of drug-likeness (QED) is 0.842. The van der Waals surface area contributed by atoms with E-state index < -0.39 is 0 Å². The fraction of sp³-hybridized carbons (Fsp3) is 0.562. The van der Waals surface area contributed by atoms with E-state index >= 15 is 0 Å². The van der Waals surface area contributed by atoms with Crippen molar-refractivity contribution in [1.82, 2.24) is 20.1 Å². The Kier molecular flexibility index (Phi) is 4.48. The molecular weight excluding hydrogens is 326 g/mol. The molecule has 24 heavy (non-hydrogen) atoms. The van der Waals surface area contributed by atoms with Crippen LogP contribution in [0.1, 0.15) is 42.3 Å². The molecule has 0 radical (unpaired) electrons. The maximum Gasteiger partial charge on any atom is 0.319 e. The van der Waals surface area contributed by atoms with Crippen molar-refractivity contribution in [2.45, 2.75) is 50.8 Å². The molecule has 1 atom stereocenters. The number of urea groups is 1. The maximum atomic E-state index is 12.0. The molecule has 7 nitrogen and oxygen atoms in total. The highest BCUT2D eigenvalue weighted by Crippen LogP contribution is 2.41. The van der Waals surface area contributed by atoms with E-state index in [2.05, 4.69) is 20.7 Å². The molecule has 4 rings (SSSR count). The van der Waals surface area contributed by atoms with Gasteiger partial charge in [-0.2, -0.15) is 5.10 Å². The molecule has 8 heteroatoms. The highest BCUT2D eigenvalue weighted by atomic mass is 32.1. The van der Waals surface area contributed by atoms with Gasteiger partial charge in [0.25, 0.3) is 0 Å². The lowest BCUT2D eigenvalue weighted by molar-refractivity contribution is 0.0940. The molecule has 1 aliphatic carbocycles. The van der Waals surface area contributed by atoms with Gasteiger partial charge in [0.05, 0.1) is 41.8 Å². The molecule has 0 bridgehead atoms. The summed E-state index contributed by atoms with van der Waals surface area (Å²) in [5.41, 5.74) is 1.61. The lowest BCUT2D eigenvalue weighted by atomic mass is 10.2. The van der Waals surface area contributed by atoms with Crippen molar-refractivity contribution in [1.29, 1.82) is 0 Å². The highest BCUT2D eigenvalue weighted by molar-refractivity contribution is 7.09. The highest BCUT2D eigenvalue weighted by Gasteiger charge is 2.26. The summed E-state index contributed by atoms with van der Waals surface area (Å²) in [6.45, 7) is 2.00. The van der Waals surface area contributed by atoms with Crippen LogP contribution < -0.4 is 10.6 Å². The van der Waals surface area contributed by atoms with Crippen LogP contribution in [-0.4, -0.2) is 33.5 Å². The van der Waals surface area contributed by atoms with Gasteiger partial charge in [-0.1, -0.05) is 0 Å². The van der Waals surface area contributed by atoms with Crippen LogP contribution in [0.25, 0.3) is 0 Å². The number of ether oxygens (including phenoxy) is 1. The smallest absolute Gasteiger partial charge is 0.319 e. The Morgan fingerprint density at radius 2 is 2.33 bits per heavy atom. The Balaban J connectivity index is 1.23. The zero-order valence-electron chi connectivity index (χ0n) is 13.4. The van der Waals surface area contributed by atoms with Crippen LogP contribution >= 0.6 is 11.3 Å². The molecule has 1 saturated carbocycles. The van der Waals surface area contributed by atoms with Gasteiger partial charge in [-0.3, -0.25) is 4.68 Å². The van der Waals surface area contributed by atoms with Gasteiger partial charge in [-0.05, 0) is 25.7 Å². The minimum Gasteiger partial charge on any atom is -0.376 e. The lowest BCUT2D eigenvalue weighted by Gasteiger charge is -2.08. The average molecular weight is 347 g/mol. The molecule has 2 aromatic rings. The number of carbonyl (C=O) groups is 1. The minimum atomic E-state index is -0.243. The normalized spacial score (nSPS) is 20.2. The van der Waals surface area contributed by atoms with Gasteiger partial charge < -0.3 is 15.4 Å². The van der Waals surface area contributed by atoms with E-state index in [0.29, 0.717) is 18.2 Å². The number of nitrogens with one attached hydrogen (secondary N) is 2. The third-order valence-corrected chi connectivity index (χ3v) is 5.29. The first-order valence-electron chi connectivity index (χ1n) is 8.39. The van der Waals surface area contributed by atoms with E-state index in [9.17, 15) is 4.79 Å². The standard InChI is InChI=1S/C16H21N5O2S/c22-16(17-6-13-10-24-15(19-13)11-3-4-11)20-12-7-18-21(8-12)9-14-2-1-5-23-14/h7-8,10-11,14H,1-6,9H2,(H2,17,20,22)/t14-/m1/s1. The van der Waals surface area contributed by atoms with Crippen LogP contribution in [0.3, 0.4) is 0 Å². The molecule has 2 fully saturated rings. The van der Waals surface area contributed by atoms with Gasteiger partial charge in [0.1, 0.15) is 0 Å². The van der Waals surface area contributed by atoms with Crippen LogP contribution in [-0.2, 0) is 17.8 Å². The number of amides is 2. The molecule has 2 N–H and O–H groups in total. The molecule has 2 amide bonds.